The molecule has 1 atom stereocenters. The van der Waals surface area contributed by atoms with Crippen LogP contribution in [0.5, 0.6) is 0 Å². The molecular formula is C19H23N5O. The smallest absolute Gasteiger partial charge is 0.223 e. The van der Waals surface area contributed by atoms with Crippen LogP contribution in [0.4, 0.5) is 0 Å². The van der Waals surface area contributed by atoms with Gasteiger partial charge in [-0.05, 0) is 43.9 Å². The molecule has 1 fully saturated rings. The first-order valence-corrected chi connectivity index (χ1v) is 9.03. The third-order valence-electron chi connectivity index (χ3n) is 4.88. The Morgan fingerprint density at radius 2 is 2.16 bits per heavy atom. The number of benzene rings is 1. The fourth-order valence-electron chi connectivity index (χ4n) is 3.61. The molecule has 1 aliphatic heterocycles. The van der Waals surface area contributed by atoms with Gasteiger partial charge in [0, 0.05) is 31.9 Å². The Morgan fingerprint density at radius 1 is 1.24 bits per heavy atom. The van der Waals surface area contributed by atoms with E-state index in [1.165, 1.54) is 0 Å². The van der Waals surface area contributed by atoms with Crippen molar-refractivity contribution in [1.82, 2.24) is 24.6 Å². The van der Waals surface area contributed by atoms with Gasteiger partial charge >= 0.3 is 0 Å². The quantitative estimate of drug-likeness (QED) is 0.777. The molecule has 1 aromatic carbocycles. The van der Waals surface area contributed by atoms with Gasteiger partial charge in [-0.15, -0.1) is 0 Å². The Labute approximate surface area is 146 Å². The zero-order chi connectivity index (χ0) is 17.1. The average molecular weight is 337 g/mol. The zero-order valence-corrected chi connectivity index (χ0v) is 14.3. The van der Waals surface area contributed by atoms with E-state index in [1.807, 2.05) is 46.1 Å². The lowest BCUT2D eigenvalue weighted by molar-refractivity contribution is -0.135. The van der Waals surface area contributed by atoms with Gasteiger partial charge in [0.2, 0.25) is 5.91 Å². The first kappa shape index (κ1) is 15.9. The largest absolute Gasteiger partial charge is 0.340 e. The van der Waals surface area contributed by atoms with E-state index in [9.17, 15) is 4.79 Å². The maximum atomic E-state index is 12.8. The molecular weight excluding hydrogens is 314 g/mol. The van der Waals surface area contributed by atoms with Crippen LogP contribution in [0.25, 0.3) is 11.0 Å². The lowest BCUT2D eigenvalue weighted by atomic mass is 10.0. The molecule has 1 N–H and O–H groups in total. The highest BCUT2D eigenvalue weighted by molar-refractivity contribution is 5.77. The van der Waals surface area contributed by atoms with Gasteiger partial charge in [0.1, 0.15) is 5.82 Å². The highest BCUT2D eigenvalue weighted by atomic mass is 16.2. The van der Waals surface area contributed by atoms with Crippen molar-refractivity contribution in [3.8, 4) is 0 Å². The molecule has 4 rings (SSSR count). The molecule has 0 spiro atoms. The van der Waals surface area contributed by atoms with Crippen molar-refractivity contribution in [2.75, 3.05) is 6.54 Å². The van der Waals surface area contributed by atoms with Gasteiger partial charge in [-0.3, -0.25) is 9.48 Å². The van der Waals surface area contributed by atoms with Crippen LogP contribution in [-0.4, -0.2) is 37.1 Å². The molecule has 3 heterocycles. The number of aromatic amines is 1. The number of hydrogen-bond acceptors (Lipinski definition) is 3. The van der Waals surface area contributed by atoms with Crippen molar-refractivity contribution in [1.29, 1.82) is 0 Å². The Bertz CT molecular complexity index is 806. The van der Waals surface area contributed by atoms with Crippen LogP contribution in [0.2, 0.25) is 0 Å². The fourth-order valence-corrected chi connectivity index (χ4v) is 3.61. The molecule has 6 nitrogen and oxygen atoms in total. The van der Waals surface area contributed by atoms with Gasteiger partial charge in [0.25, 0.3) is 0 Å². The molecule has 0 bridgehead atoms. The first-order valence-electron chi connectivity index (χ1n) is 9.03. The van der Waals surface area contributed by atoms with Crippen LogP contribution in [0.3, 0.4) is 0 Å². The summed E-state index contributed by atoms with van der Waals surface area (Å²) in [5, 5.41) is 4.19. The van der Waals surface area contributed by atoms with E-state index in [-0.39, 0.29) is 11.9 Å². The van der Waals surface area contributed by atoms with Crippen molar-refractivity contribution in [3.63, 3.8) is 0 Å². The number of amides is 1. The fraction of sp³-hybridized carbons (Fsp3) is 0.421. The van der Waals surface area contributed by atoms with Crippen LogP contribution in [0.1, 0.15) is 44.0 Å². The van der Waals surface area contributed by atoms with Crippen molar-refractivity contribution >= 4 is 16.9 Å². The number of carbonyl (C=O) groups is 1. The predicted octanol–water partition coefficient (Wildman–Crippen LogP) is 3.29. The second-order valence-electron chi connectivity index (χ2n) is 6.61. The second-order valence-corrected chi connectivity index (χ2v) is 6.61. The van der Waals surface area contributed by atoms with E-state index in [0.29, 0.717) is 6.42 Å². The number of fused-ring (bicyclic) bond motifs is 1. The molecule has 0 radical (unpaired) electrons. The van der Waals surface area contributed by atoms with Crippen molar-refractivity contribution in [2.24, 2.45) is 0 Å². The van der Waals surface area contributed by atoms with Crippen LogP contribution in [0, 0.1) is 0 Å². The monoisotopic (exact) mass is 337 g/mol. The molecule has 0 saturated carbocycles. The van der Waals surface area contributed by atoms with Crippen LogP contribution in [-0.2, 0) is 11.3 Å². The Morgan fingerprint density at radius 3 is 3.00 bits per heavy atom. The maximum Gasteiger partial charge on any atom is 0.223 e. The number of rotatable bonds is 5. The number of imidazole rings is 1. The predicted molar refractivity (Wildman–Crippen MR) is 95.9 cm³/mol. The minimum atomic E-state index is 0.0679. The SMILES string of the molecule is O=C(CCCn1cccn1)N1CCCC[C@@H]1c1nc2ccccc2[nH]1. The minimum absolute atomic E-state index is 0.0679. The lowest BCUT2D eigenvalue weighted by Gasteiger charge is -2.34. The highest BCUT2D eigenvalue weighted by Crippen LogP contribution is 2.31. The number of piperidine rings is 1. The summed E-state index contributed by atoms with van der Waals surface area (Å²) in [7, 11) is 0. The number of carbonyl (C=O) groups excluding carboxylic acids is 1. The van der Waals surface area contributed by atoms with Gasteiger partial charge in [0.05, 0.1) is 17.1 Å². The first-order chi connectivity index (χ1) is 12.3. The number of likely N-dealkylation sites (tertiary alicyclic amines) is 1. The molecule has 0 unspecified atom stereocenters. The molecule has 2 aromatic heterocycles. The normalized spacial score (nSPS) is 17.9. The molecule has 1 amide bonds. The standard InChI is InChI=1S/C19H23N5O/c25-18(10-5-12-23-13-6-11-20-23)24-14-4-3-9-17(24)19-21-15-7-1-2-8-16(15)22-19/h1-2,6-8,11,13,17H,3-5,9-10,12,14H2,(H,21,22)/t17-/m1/s1. The summed E-state index contributed by atoms with van der Waals surface area (Å²) in [5.74, 6) is 1.14. The molecule has 130 valence electrons. The molecule has 3 aromatic rings. The molecule has 1 saturated heterocycles. The summed E-state index contributed by atoms with van der Waals surface area (Å²) in [6, 6.07) is 10.0. The van der Waals surface area contributed by atoms with Gasteiger partial charge in [-0.2, -0.15) is 5.10 Å². The minimum Gasteiger partial charge on any atom is -0.340 e. The second kappa shape index (κ2) is 7.09. The van der Waals surface area contributed by atoms with E-state index in [2.05, 4.69) is 10.1 Å². The third kappa shape index (κ3) is 3.43. The maximum absolute atomic E-state index is 12.8. The van der Waals surface area contributed by atoms with E-state index in [1.54, 1.807) is 6.20 Å². The van der Waals surface area contributed by atoms with Crippen LogP contribution >= 0.6 is 0 Å². The third-order valence-corrected chi connectivity index (χ3v) is 4.88. The van der Waals surface area contributed by atoms with Gasteiger partial charge in [0.15, 0.2) is 0 Å². The number of nitrogens with zero attached hydrogens (tertiary/aromatic N) is 4. The summed E-state index contributed by atoms with van der Waals surface area (Å²) < 4.78 is 1.88. The number of aromatic nitrogens is 4. The van der Waals surface area contributed by atoms with Crippen molar-refractivity contribution in [2.45, 2.75) is 44.7 Å². The highest BCUT2D eigenvalue weighted by Gasteiger charge is 2.29. The van der Waals surface area contributed by atoms with E-state index in [0.717, 1.165) is 55.6 Å². The summed E-state index contributed by atoms with van der Waals surface area (Å²) in [5.41, 5.74) is 2.00. The number of para-hydroxylation sites is 2. The molecule has 25 heavy (non-hydrogen) atoms. The number of nitrogens with one attached hydrogen (secondary N) is 1. The topological polar surface area (TPSA) is 66.8 Å². The molecule has 6 heteroatoms. The number of H-pyrrole nitrogens is 1. The Hall–Kier alpha value is -2.63. The van der Waals surface area contributed by atoms with Gasteiger partial charge < -0.3 is 9.88 Å². The van der Waals surface area contributed by atoms with E-state index >= 15 is 0 Å². The molecule has 1 aliphatic rings. The van der Waals surface area contributed by atoms with Crippen molar-refractivity contribution in [3.05, 3.63) is 48.5 Å². The van der Waals surface area contributed by atoms with E-state index in [4.69, 9.17) is 4.98 Å². The number of hydrogen-bond donors (Lipinski definition) is 1. The summed E-state index contributed by atoms with van der Waals surface area (Å²) in [4.78, 5) is 22.9. The Balaban J connectivity index is 1.45. The van der Waals surface area contributed by atoms with Crippen LogP contribution in [0.15, 0.2) is 42.7 Å². The van der Waals surface area contributed by atoms with Crippen LogP contribution < -0.4 is 0 Å². The summed E-state index contributed by atoms with van der Waals surface area (Å²) in [6.07, 6.45) is 8.25. The van der Waals surface area contributed by atoms with Gasteiger partial charge in [-0.25, -0.2) is 4.98 Å². The molecule has 0 aliphatic carbocycles. The Kier molecular flexibility index (Phi) is 4.50. The van der Waals surface area contributed by atoms with E-state index < -0.39 is 0 Å². The number of aryl methyl sites for hydroxylation is 1. The van der Waals surface area contributed by atoms with Crippen molar-refractivity contribution < 1.29 is 4.79 Å². The zero-order valence-electron chi connectivity index (χ0n) is 14.3. The average Bonchev–Trinajstić information content (AvgIpc) is 3.31. The van der Waals surface area contributed by atoms with Gasteiger partial charge in [-0.1, -0.05) is 12.1 Å². The summed E-state index contributed by atoms with van der Waals surface area (Å²) in [6.45, 7) is 1.60. The lowest BCUT2D eigenvalue weighted by Crippen LogP contribution is -2.39. The summed E-state index contributed by atoms with van der Waals surface area (Å²) >= 11 is 0.